The van der Waals surface area contributed by atoms with Crippen molar-refractivity contribution in [2.45, 2.75) is 31.4 Å². The van der Waals surface area contributed by atoms with Crippen molar-refractivity contribution in [3.8, 4) is 0 Å². The minimum absolute atomic E-state index is 0.114. The van der Waals surface area contributed by atoms with Gasteiger partial charge in [-0.05, 0) is 24.0 Å². The van der Waals surface area contributed by atoms with E-state index in [0.29, 0.717) is 6.54 Å². The van der Waals surface area contributed by atoms with E-state index in [1.807, 2.05) is 60.7 Å². The standard InChI is InChI=1S/C21H26N2O2/c1-23(15-18-13-8-14-19(18)24)21(25)22-20(16-9-4-2-5-10-16)17-11-6-3-7-12-17/h2-7,9-12,18-20,24H,8,13-15H2,1H3,(H,22,25). The third-order valence-electron chi connectivity index (χ3n) is 5.01. The Morgan fingerprint density at radius 3 is 2.12 bits per heavy atom. The highest BCUT2D eigenvalue weighted by molar-refractivity contribution is 5.75. The largest absolute Gasteiger partial charge is 0.393 e. The molecule has 2 amide bonds. The summed E-state index contributed by atoms with van der Waals surface area (Å²) in [5.41, 5.74) is 2.10. The zero-order valence-electron chi connectivity index (χ0n) is 14.6. The molecule has 0 heterocycles. The number of benzene rings is 2. The molecule has 2 unspecified atom stereocenters. The number of carbonyl (C=O) groups excluding carboxylic acids is 1. The second-order valence-corrected chi connectivity index (χ2v) is 6.84. The smallest absolute Gasteiger partial charge is 0.317 e. The zero-order chi connectivity index (χ0) is 17.6. The molecule has 0 aliphatic heterocycles. The highest BCUT2D eigenvalue weighted by Crippen LogP contribution is 2.26. The second kappa shape index (κ2) is 8.17. The Morgan fingerprint density at radius 2 is 1.64 bits per heavy atom. The molecule has 1 fully saturated rings. The molecule has 4 nitrogen and oxygen atoms in total. The molecule has 2 N–H and O–H groups in total. The van der Waals surface area contributed by atoms with Crippen LogP contribution in [0.2, 0.25) is 0 Å². The molecule has 2 atom stereocenters. The number of nitrogens with zero attached hydrogens (tertiary/aromatic N) is 1. The number of urea groups is 1. The molecular formula is C21H26N2O2. The molecule has 1 saturated carbocycles. The van der Waals surface area contributed by atoms with Crippen LogP contribution in [0.15, 0.2) is 60.7 Å². The summed E-state index contributed by atoms with van der Waals surface area (Å²) in [6.45, 7) is 0.587. The topological polar surface area (TPSA) is 52.6 Å². The van der Waals surface area contributed by atoms with E-state index in [-0.39, 0.29) is 24.1 Å². The molecule has 0 spiro atoms. The first-order valence-corrected chi connectivity index (χ1v) is 8.94. The van der Waals surface area contributed by atoms with E-state index in [1.54, 1.807) is 11.9 Å². The zero-order valence-corrected chi connectivity index (χ0v) is 14.6. The summed E-state index contributed by atoms with van der Waals surface area (Å²) in [6.07, 6.45) is 2.59. The lowest BCUT2D eigenvalue weighted by molar-refractivity contribution is 0.113. The minimum atomic E-state index is -0.283. The first-order chi connectivity index (χ1) is 12.1. The van der Waals surface area contributed by atoms with Gasteiger partial charge >= 0.3 is 6.03 Å². The maximum atomic E-state index is 12.7. The van der Waals surface area contributed by atoms with Gasteiger partial charge < -0.3 is 15.3 Å². The van der Waals surface area contributed by atoms with Crippen LogP contribution in [0.3, 0.4) is 0 Å². The number of amides is 2. The van der Waals surface area contributed by atoms with E-state index < -0.39 is 0 Å². The first kappa shape index (κ1) is 17.5. The van der Waals surface area contributed by atoms with Crippen LogP contribution in [-0.2, 0) is 0 Å². The van der Waals surface area contributed by atoms with E-state index >= 15 is 0 Å². The van der Waals surface area contributed by atoms with Gasteiger partial charge in [-0.1, -0.05) is 67.1 Å². The van der Waals surface area contributed by atoms with Crippen LogP contribution in [0.25, 0.3) is 0 Å². The monoisotopic (exact) mass is 338 g/mol. The van der Waals surface area contributed by atoms with Crippen LogP contribution in [0.4, 0.5) is 4.79 Å². The Balaban J connectivity index is 1.72. The van der Waals surface area contributed by atoms with Crippen molar-refractivity contribution in [1.82, 2.24) is 10.2 Å². The summed E-state index contributed by atoms with van der Waals surface area (Å²) in [5, 5.41) is 13.1. The highest BCUT2D eigenvalue weighted by atomic mass is 16.3. The molecule has 0 radical (unpaired) electrons. The quantitative estimate of drug-likeness (QED) is 0.875. The minimum Gasteiger partial charge on any atom is -0.393 e. The lowest BCUT2D eigenvalue weighted by Gasteiger charge is -2.27. The van der Waals surface area contributed by atoms with Gasteiger partial charge in [-0.3, -0.25) is 0 Å². The summed E-state index contributed by atoms with van der Waals surface area (Å²) in [4.78, 5) is 14.4. The fourth-order valence-electron chi connectivity index (χ4n) is 3.55. The van der Waals surface area contributed by atoms with E-state index in [9.17, 15) is 9.90 Å². The third kappa shape index (κ3) is 4.40. The summed E-state index contributed by atoms with van der Waals surface area (Å²) in [5.74, 6) is 0.183. The van der Waals surface area contributed by atoms with Crippen molar-refractivity contribution < 1.29 is 9.90 Å². The van der Waals surface area contributed by atoms with Gasteiger partial charge in [-0.2, -0.15) is 0 Å². The lowest BCUT2D eigenvalue weighted by Crippen LogP contribution is -2.42. The number of aliphatic hydroxyl groups excluding tert-OH is 1. The van der Waals surface area contributed by atoms with Crippen LogP contribution in [0.1, 0.15) is 36.4 Å². The summed E-state index contributed by atoms with van der Waals surface area (Å²) in [7, 11) is 1.80. The molecule has 0 saturated heterocycles. The average Bonchev–Trinajstić information content (AvgIpc) is 3.05. The first-order valence-electron chi connectivity index (χ1n) is 8.94. The summed E-state index contributed by atoms with van der Waals surface area (Å²) < 4.78 is 0. The van der Waals surface area contributed by atoms with E-state index in [1.165, 1.54) is 0 Å². The molecule has 2 aromatic carbocycles. The predicted molar refractivity (Wildman–Crippen MR) is 99.2 cm³/mol. The molecule has 1 aliphatic carbocycles. The molecule has 0 aromatic heterocycles. The van der Waals surface area contributed by atoms with E-state index in [4.69, 9.17) is 0 Å². The fourth-order valence-corrected chi connectivity index (χ4v) is 3.55. The van der Waals surface area contributed by atoms with Gasteiger partial charge in [-0.15, -0.1) is 0 Å². The highest BCUT2D eigenvalue weighted by Gasteiger charge is 2.28. The third-order valence-corrected chi connectivity index (χ3v) is 5.01. The maximum absolute atomic E-state index is 12.7. The Morgan fingerprint density at radius 1 is 1.08 bits per heavy atom. The van der Waals surface area contributed by atoms with Crippen LogP contribution in [-0.4, -0.2) is 35.7 Å². The number of aliphatic hydroxyl groups is 1. The van der Waals surface area contributed by atoms with Gasteiger partial charge in [0.25, 0.3) is 0 Å². The number of hydrogen-bond donors (Lipinski definition) is 2. The SMILES string of the molecule is CN(CC1CCCC1O)C(=O)NC(c1ccccc1)c1ccccc1. The molecular weight excluding hydrogens is 312 g/mol. The van der Waals surface area contributed by atoms with E-state index in [2.05, 4.69) is 5.32 Å². The van der Waals surface area contributed by atoms with Gasteiger partial charge in [0, 0.05) is 19.5 Å². The van der Waals surface area contributed by atoms with Crippen molar-refractivity contribution in [3.63, 3.8) is 0 Å². The summed E-state index contributed by atoms with van der Waals surface area (Å²) >= 11 is 0. The number of carbonyl (C=O) groups is 1. The second-order valence-electron chi connectivity index (χ2n) is 6.84. The summed E-state index contributed by atoms with van der Waals surface area (Å²) in [6, 6.07) is 19.7. The van der Waals surface area contributed by atoms with Crippen molar-refractivity contribution in [2.24, 2.45) is 5.92 Å². The normalized spacial score (nSPS) is 19.8. The molecule has 3 rings (SSSR count). The van der Waals surface area contributed by atoms with Crippen molar-refractivity contribution in [2.75, 3.05) is 13.6 Å². The molecule has 132 valence electrons. The van der Waals surface area contributed by atoms with Gasteiger partial charge in [0.05, 0.1) is 12.1 Å². The Bertz CT molecular complexity index is 635. The molecule has 1 aliphatic rings. The Kier molecular flexibility index (Phi) is 5.71. The fraction of sp³-hybridized carbons (Fsp3) is 0.381. The number of nitrogens with one attached hydrogen (secondary N) is 1. The van der Waals surface area contributed by atoms with Crippen LogP contribution in [0.5, 0.6) is 0 Å². The molecule has 25 heavy (non-hydrogen) atoms. The Labute approximate surface area is 149 Å². The predicted octanol–water partition coefficient (Wildman–Crippen LogP) is 3.58. The molecule has 2 aromatic rings. The average molecular weight is 338 g/mol. The number of rotatable bonds is 5. The molecule has 0 bridgehead atoms. The lowest BCUT2D eigenvalue weighted by atomic mass is 9.99. The van der Waals surface area contributed by atoms with Gasteiger partial charge in [0.2, 0.25) is 0 Å². The van der Waals surface area contributed by atoms with Crippen LogP contribution in [0, 0.1) is 5.92 Å². The maximum Gasteiger partial charge on any atom is 0.317 e. The van der Waals surface area contributed by atoms with Gasteiger partial charge in [0.15, 0.2) is 0 Å². The van der Waals surface area contributed by atoms with Crippen LogP contribution >= 0.6 is 0 Å². The van der Waals surface area contributed by atoms with Gasteiger partial charge in [-0.25, -0.2) is 4.79 Å². The van der Waals surface area contributed by atoms with Crippen molar-refractivity contribution >= 4 is 6.03 Å². The van der Waals surface area contributed by atoms with E-state index in [0.717, 1.165) is 30.4 Å². The van der Waals surface area contributed by atoms with Crippen LogP contribution < -0.4 is 5.32 Å². The molecule has 4 heteroatoms. The van der Waals surface area contributed by atoms with Crippen molar-refractivity contribution in [1.29, 1.82) is 0 Å². The van der Waals surface area contributed by atoms with Gasteiger partial charge in [0.1, 0.15) is 0 Å². The number of hydrogen-bond acceptors (Lipinski definition) is 2. The van der Waals surface area contributed by atoms with Crippen molar-refractivity contribution in [3.05, 3.63) is 71.8 Å². The Hall–Kier alpha value is -2.33.